The highest BCUT2D eigenvalue weighted by atomic mass is 16.5. The van der Waals surface area contributed by atoms with Crippen LogP contribution in [0.2, 0.25) is 0 Å². The van der Waals surface area contributed by atoms with E-state index in [1.54, 1.807) is 18.7 Å². The van der Waals surface area contributed by atoms with Crippen LogP contribution in [0.1, 0.15) is 12.5 Å². The van der Waals surface area contributed by atoms with Gasteiger partial charge in [-0.2, -0.15) is 0 Å². The van der Waals surface area contributed by atoms with Crippen molar-refractivity contribution in [3.05, 3.63) is 42.6 Å². The number of ether oxygens (including phenoxy) is 1. The molecule has 4 aromatic rings. The Morgan fingerprint density at radius 1 is 1.32 bits per heavy atom. The number of aromatic amines is 1. The van der Waals surface area contributed by atoms with Crippen molar-refractivity contribution in [1.29, 1.82) is 5.41 Å². The number of nitrogens with zero attached hydrogens (tertiary/aromatic N) is 6. The van der Waals surface area contributed by atoms with E-state index >= 15 is 0 Å². The monoisotopic (exact) mass is 417 g/mol. The average molecular weight is 417 g/mol. The molecule has 3 N–H and O–H groups in total. The maximum atomic E-state index is 8.13. The van der Waals surface area contributed by atoms with Gasteiger partial charge in [0.1, 0.15) is 23.1 Å². The standard InChI is InChI=1S/C21H23N9O/c1-13-11-31-8-7-30(13)21-16(9-22)20(26-17-10-23-12-29(17)2)27-19(28-21)15-4-6-25-18-14(15)3-5-24-18/h3-6,9-10,12-13,22H,7-8,11H2,1-2H3,(H,24,25)(H,26,27,28)/t13-/m1/s1. The molecule has 0 aliphatic carbocycles. The Balaban J connectivity index is 1.72. The molecule has 0 radical (unpaired) electrons. The summed E-state index contributed by atoms with van der Waals surface area (Å²) in [5.74, 6) is 2.60. The largest absolute Gasteiger partial charge is 0.377 e. The number of nitrogens with one attached hydrogen (secondary N) is 3. The van der Waals surface area contributed by atoms with Crippen LogP contribution in [-0.2, 0) is 11.8 Å². The molecule has 0 saturated carbocycles. The Labute approximate surface area is 178 Å². The summed E-state index contributed by atoms with van der Waals surface area (Å²) in [5.41, 5.74) is 2.27. The van der Waals surface area contributed by atoms with Gasteiger partial charge in [-0.25, -0.2) is 19.9 Å². The van der Waals surface area contributed by atoms with E-state index in [9.17, 15) is 0 Å². The van der Waals surface area contributed by atoms with E-state index in [2.05, 4.69) is 32.1 Å². The van der Waals surface area contributed by atoms with E-state index < -0.39 is 0 Å². The lowest BCUT2D eigenvalue weighted by Crippen LogP contribution is -2.44. The number of hydrogen-bond donors (Lipinski definition) is 3. The van der Waals surface area contributed by atoms with Crippen molar-refractivity contribution < 1.29 is 4.74 Å². The fraction of sp³-hybridized carbons (Fsp3) is 0.286. The second-order valence-corrected chi connectivity index (χ2v) is 7.51. The van der Waals surface area contributed by atoms with Gasteiger partial charge in [-0.3, -0.25) is 0 Å². The van der Waals surface area contributed by atoms with Crippen LogP contribution >= 0.6 is 0 Å². The van der Waals surface area contributed by atoms with Crippen molar-refractivity contribution in [2.45, 2.75) is 13.0 Å². The first kappa shape index (κ1) is 19.2. The topological polar surface area (TPSA) is 121 Å². The molecular weight excluding hydrogens is 394 g/mol. The number of anilines is 3. The van der Waals surface area contributed by atoms with Gasteiger partial charge < -0.3 is 29.9 Å². The summed E-state index contributed by atoms with van der Waals surface area (Å²) in [6.45, 7) is 4.01. The molecule has 4 aromatic heterocycles. The molecule has 158 valence electrons. The number of hydrogen-bond acceptors (Lipinski definition) is 8. The van der Waals surface area contributed by atoms with Crippen LogP contribution in [0.25, 0.3) is 22.4 Å². The molecular formula is C21H23N9O. The predicted molar refractivity (Wildman–Crippen MR) is 119 cm³/mol. The zero-order valence-corrected chi connectivity index (χ0v) is 17.3. The van der Waals surface area contributed by atoms with E-state index in [1.165, 1.54) is 6.21 Å². The van der Waals surface area contributed by atoms with Gasteiger partial charge in [0, 0.05) is 43.2 Å². The minimum Gasteiger partial charge on any atom is -0.377 e. The zero-order valence-electron chi connectivity index (χ0n) is 17.3. The number of aryl methyl sites for hydroxylation is 1. The van der Waals surface area contributed by atoms with Crippen LogP contribution in [0.15, 0.2) is 37.1 Å². The van der Waals surface area contributed by atoms with Crippen LogP contribution in [0.5, 0.6) is 0 Å². The van der Waals surface area contributed by atoms with E-state index in [-0.39, 0.29) is 6.04 Å². The van der Waals surface area contributed by atoms with Gasteiger partial charge >= 0.3 is 0 Å². The Hall–Kier alpha value is -3.79. The second kappa shape index (κ2) is 7.80. The summed E-state index contributed by atoms with van der Waals surface area (Å²) in [5, 5.41) is 12.4. The molecule has 0 unspecified atom stereocenters. The predicted octanol–water partition coefficient (Wildman–Crippen LogP) is 2.72. The van der Waals surface area contributed by atoms with Gasteiger partial charge in [0.2, 0.25) is 0 Å². The summed E-state index contributed by atoms with van der Waals surface area (Å²) in [6.07, 6.45) is 8.34. The first-order valence-electron chi connectivity index (χ1n) is 10.1. The maximum Gasteiger partial charge on any atom is 0.164 e. The number of fused-ring (bicyclic) bond motifs is 1. The van der Waals surface area contributed by atoms with Crippen LogP contribution in [0, 0.1) is 5.41 Å². The highest BCUT2D eigenvalue weighted by Crippen LogP contribution is 2.32. The van der Waals surface area contributed by atoms with Crippen LogP contribution < -0.4 is 10.2 Å². The molecule has 1 saturated heterocycles. The summed E-state index contributed by atoms with van der Waals surface area (Å²) in [7, 11) is 1.90. The molecule has 5 rings (SSSR count). The third kappa shape index (κ3) is 3.40. The number of aromatic nitrogens is 6. The van der Waals surface area contributed by atoms with Gasteiger partial charge in [-0.1, -0.05) is 0 Å². The molecule has 0 aromatic carbocycles. The number of pyridine rings is 1. The molecule has 1 fully saturated rings. The Kier molecular flexibility index (Phi) is 4.83. The zero-order chi connectivity index (χ0) is 21.4. The number of H-pyrrole nitrogens is 1. The Morgan fingerprint density at radius 2 is 2.23 bits per heavy atom. The van der Waals surface area contributed by atoms with Gasteiger partial charge in [-0.05, 0) is 19.1 Å². The molecule has 10 heteroatoms. The molecule has 1 atom stereocenters. The molecule has 10 nitrogen and oxygen atoms in total. The molecule has 0 bridgehead atoms. The SMILES string of the molecule is C[C@@H]1COCCN1c1nc(-c2ccnc3[nH]ccc23)nc(Nc2cncn2C)c1C=N. The summed E-state index contributed by atoms with van der Waals surface area (Å²) in [4.78, 5) is 23.6. The normalized spacial score (nSPS) is 16.6. The van der Waals surface area contributed by atoms with Crippen LogP contribution in [-0.4, -0.2) is 61.5 Å². The quantitative estimate of drug-likeness (QED) is 0.427. The Bertz CT molecular complexity index is 1240. The third-order valence-electron chi connectivity index (χ3n) is 5.47. The minimum absolute atomic E-state index is 0.129. The molecule has 1 aliphatic heterocycles. The summed E-state index contributed by atoms with van der Waals surface area (Å²) < 4.78 is 7.48. The molecule has 5 heterocycles. The van der Waals surface area contributed by atoms with Crippen molar-refractivity contribution in [2.24, 2.45) is 7.05 Å². The highest BCUT2D eigenvalue weighted by Gasteiger charge is 2.26. The maximum absolute atomic E-state index is 8.13. The van der Waals surface area contributed by atoms with Gasteiger partial charge in [-0.15, -0.1) is 0 Å². The minimum atomic E-state index is 0.129. The highest BCUT2D eigenvalue weighted by molar-refractivity contribution is 5.95. The van der Waals surface area contributed by atoms with Crippen molar-refractivity contribution in [3.63, 3.8) is 0 Å². The summed E-state index contributed by atoms with van der Waals surface area (Å²) in [6, 6.07) is 4.01. The smallest absolute Gasteiger partial charge is 0.164 e. The first-order chi connectivity index (χ1) is 15.2. The van der Waals surface area contributed by atoms with Gasteiger partial charge in [0.15, 0.2) is 5.82 Å². The lowest BCUT2D eigenvalue weighted by atomic mass is 10.1. The Morgan fingerprint density at radius 3 is 3.00 bits per heavy atom. The van der Waals surface area contributed by atoms with Crippen molar-refractivity contribution in [1.82, 2.24) is 29.5 Å². The fourth-order valence-corrected chi connectivity index (χ4v) is 3.82. The molecule has 1 aliphatic rings. The van der Waals surface area contributed by atoms with E-state index in [4.69, 9.17) is 20.1 Å². The summed E-state index contributed by atoms with van der Waals surface area (Å²) >= 11 is 0. The first-order valence-corrected chi connectivity index (χ1v) is 10.1. The second-order valence-electron chi connectivity index (χ2n) is 7.51. The molecule has 0 spiro atoms. The van der Waals surface area contributed by atoms with Crippen molar-refractivity contribution in [3.8, 4) is 11.4 Å². The van der Waals surface area contributed by atoms with E-state index in [0.29, 0.717) is 42.8 Å². The number of rotatable bonds is 5. The van der Waals surface area contributed by atoms with Crippen molar-refractivity contribution in [2.75, 3.05) is 30.0 Å². The molecule has 0 amide bonds. The van der Waals surface area contributed by atoms with Crippen LogP contribution in [0.4, 0.5) is 17.5 Å². The molecule has 31 heavy (non-hydrogen) atoms. The lowest BCUT2D eigenvalue weighted by molar-refractivity contribution is 0.0985. The fourth-order valence-electron chi connectivity index (χ4n) is 3.82. The van der Waals surface area contributed by atoms with Crippen LogP contribution in [0.3, 0.4) is 0 Å². The lowest BCUT2D eigenvalue weighted by Gasteiger charge is -2.35. The van der Waals surface area contributed by atoms with Gasteiger partial charge in [0.05, 0.1) is 37.3 Å². The van der Waals surface area contributed by atoms with E-state index in [0.717, 1.165) is 22.4 Å². The third-order valence-corrected chi connectivity index (χ3v) is 5.47. The number of imidazole rings is 1. The van der Waals surface area contributed by atoms with Crippen molar-refractivity contribution >= 4 is 34.7 Å². The average Bonchev–Trinajstić information content (AvgIpc) is 3.42. The van der Waals surface area contributed by atoms with Gasteiger partial charge in [0.25, 0.3) is 0 Å². The number of morpholine rings is 1. The van der Waals surface area contributed by atoms with E-state index in [1.807, 2.05) is 29.9 Å².